The average Bonchev–Trinajstić information content (AvgIpc) is 2.49. The second-order valence-electron chi connectivity index (χ2n) is 5.66. The van der Waals surface area contributed by atoms with Crippen LogP contribution in [-0.4, -0.2) is 10.6 Å². The Morgan fingerprint density at radius 3 is 2.14 bits per heavy atom. The molecule has 0 radical (unpaired) electrons. The molecule has 1 atom stereocenters. The Morgan fingerprint density at radius 1 is 0.952 bits per heavy atom. The van der Waals surface area contributed by atoms with Crippen molar-refractivity contribution in [1.29, 1.82) is 0 Å². The number of carbonyl (C=O) groups excluding carboxylic acids is 1. The molecule has 1 unspecified atom stereocenters. The van der Waals surface area contributed by atoms with E-state index in [-0.39, 0.29) is 16.5 Å². The number of halogens is 1. The summed E-state index contributed by atoms with van der Waals surface area (Å²) in [5.41, 5.74) is 3.84. The van der Waals surface area contributed by atoms with Crippen molar-refractivity contribution in [2.45, 2.75) is 31.5 Å². The van der Waals surface area contributed by atoms with Gasteiger partial charge in [0, 0.05) is 5.92 Å². The van der Waals surface area contributed by atoms with E-state index in [0.29, 0.717) is 0 Å². The van der Waals surface area contributed by atoms with E-state index in [1.54, 1.807) is 0 Å². The summed E-state index contributed by atoms with van der Waals surface area (Å²) < 4.78 is 0. The van der Waals surface area contributed by atoms with E-state index in [9.17, 15) is 4.79 Å². The lowest BCUT2D eigenvalue weighted by atomic mass is 9.94. The van der Waals surface area contributed by atoms with Crippen LogP contribution in [0.25, 0.3) is 0 Å². The number of hydrogen-bond donors (Lipinski definition) is 0. The molecule has 0 aromatic heterocycles. The zero-order chi connectivity index (χ0) is 15.2. The normalized spacial score (nSPS) is 12.4. The first-order valence-electron chi connectivity index (χ1n) is 7.36. The van der Waals surface area contributed by atoms with Crippen LogP contribution in [-0.2, 0) is 17.6 Å². The molecule has 0 aliphatic rings. The van der Waals surface area contributed by atoms with Crippen LogP contribution in [0, 0.1) is 5.92 Å². The minimum absolute atomic E-state index is 0.0654. The maximum absolute atomic E-state index is 12.1. The van der Waals surface area contributed by atoms with E-state index in [1.165, 1.54) is 16.7 Å². The van der Waals surface area contributed by atoms with Crippen LogP contribution >= 0.6 is 15.9 Å². The quantitative estimate of drug-likeness (QED) is 0.687. The standard InChI is InChI=1S/C19H21BrO/c1-14(2)19(21)18(20)13-17-11-7-6-10-16(17)12-15-8-4-3-5-9-15/h3-11,14,18H,12-13H2,1-2H3. The predicted molar refractivity (Wildman–Crippen MR) is 92.0 cm³/mol. The predicted octanol–water partition coefficient (Wildman–Crippen LogP) is 4.81. The van der Waals surface area contributed by atoms with Gasteiger partial charge in [-0.25, -0.2) is 0 Å². The molecule has 0 amide bonds. The van der Waals surface area contributed by atoms with Gasteiger partial charge in [-0.15, -0.1) is 0 Å². The Labute approximate surface area is 135 Å². The Balaban J connectivity index is 2.15. The molecule has 2 rings (SSSR count). The molecular formula is C19H21BrO. The van der Waals surface area contributed by atoms with Gasteiger partial charge < -0.3 is 0 Å². The number of Topliss-reactive ketones (excluding diaryl/α,β-unsaturated/α-hetero) is 1. The third-order valence-corrected chi connectivity index (χ3v) is 4.41. The van der Waals surface area contributed by atoms with Crippen LogP contribution in [0.5, 0.6) is 0 Å². The lowest BCUT2D eigenvalue weighted by molar-refractivity contribution is -0.121. The minimum atomic E-state index is -0.102. The second-order valence-corrected chi connectivity index (χ2v) is 6.77. The molecule has 0 saturated carbocycles. The van der Waals surface area contributed by atoms with Crippen molar-refractivity contribution in [2.75, 3.05) is 0 Å². The molecule has 0 aliphatic heterocycles. The van der Waals surface area contributed by atoms with Crippen molar-refractivity contribution in [3.05, 3.63) is 71.3 Å². The van der Waals surface area contributed by atoms with E-state index in [2.05, 4.69) is 58.4 Å². The fourth-order valence-electron chi connectivity index (χ4n) is 2.40. The average molecular weight is 345 g/mol. The van der Waals surface area contributed by atoms with Gasteiger partial charge in [0.15, 0.2) is 0 Å². The third-order valence-electron chi connectivity index (χ3n) is 3.63. The van der Waals surface area contributed by atoms with Crippen molar-refractivity contribution in [1.82, 2.24) is 0 Å². The summed E-state index contributed by atoms with van der Waals surface area (Å²) in [4.78, 5) is 12.0. The van der Waals surface area contributed by atoms with Crippen LogP contribution in [0.15, 0.2) is 54.6 Å². The van der Waals surface area contributed by atoms with E-state index >= 15 is 0 Å². The van der Waals surface area contributed by atoms with E-state index in [0.717, 1.165) is 12.8 Å². The summed E-state index contributed by atoms with van der Waals surface area (Å²) in [6.07, 6.45) is 1.66. The largest absolute Gasteiger partial charge is 0.298 e. The molecule has 2 aromatic carbocycles. The lowest BCUT2D eigenvalue weighted by Crippen LogP contribution is -2.22. The minimum Gasteiger partial charge on any atom is -0.298 e. The van der Waals surface area contributed by atoms with Crippen molar-refractivity contribution in [3.63, 3.8) is 0 Å². The van der Waals surface area contributed by atoms with Crippen LogP contribution in [0.1, 0.15) is 30.5 Å². The number of carbonyl (C=O) groups is 1. The molecular weight excluding hydrogens is 324 g/mol. The van der Waals surface area contributed by atoms with Gasteiger partial charge in [0.25, 0.3) is 0 Å². The molecule has 0 saturated heterocycles. The summed E-state index contributed by atoms with van der Waals surface area (Å²) in [7, 11) is 0. The number of rotatable bonds is 6. The Morgan fingerprint density at radius 2 is 1.52 bits per heavy atom. The van der Waals surface area contributed by atoms with Gasteiger partial charge in [-0.2, -0.15) is 0 Å². The third kappa shape index (κ3) is 4.53. The Hall–Kier alpha value is -1.41. The molecule has 1 nitrogen and oxygen atoms in total. The van der Waals surface area contributed by atoms with Gasteiger partial charge in [-0.3, -0.25) is 4.79 Å². The molecule has 0 fully saturated rings. The van der Waals surface area contributed by atoms with Crippen molar-refractivity contribution < 1.29 is 4.79 Å². The van der Waals surface area contributed by atoms with Crippen LogP contribution < -0.4 is 0 Å². The highest BCUT2D eigenvalue weighted by molar-refractivity contribution is 9.10. The zero-order valence-electron chi connectivity index (χ0n) is 12.6. The fraction of sp³-hybridized carbons (Fsp3) is 0.316. The first kappa shape index (κ1) is 16.0. The molecule has 21 heavy (non-hydrogen) atoms. The highest BCUT2D eigenvalue weighted by Gasteiger charge is 2.19. The van der Waals surface area contributed by atoms with Crippen molar-refractivity contribution >= 4 is 21.7 Å². The Bertz CT molecular complexity index is 590. The highest BCUT2D eigenvalue weighted by atomic mass is 79.9. The van der Waals surface area contributed by atoms with E-state index in [1.807, 2.05) is 26.0 Å². The first-order chi connectivity index (χ1) is 10.1. The van der Waals surface area contributed by atoms with Crippen molar-refractivity contribution in [3.8, 4) is 0 Å². The van der Waals surface area contributed by atoms with Gasteiger partial charge in [0.2, 0.25) is 0 Å². The van der Waals surface area contributed by atoms with Crippen LogP contribution in [0.2, 0.25) is 0 Å². The molecule has 0 bridgehead atoms. The Kier molecular flexibility index (Phi) is 5.75. The molecule has 0 heterocycles. The lowest BCUT2D eigenvalue weighted by Gasteiger charge is -2.14. The second kappa shape index (κ2) is 7.56. The first-order valence-corrected chi connectivity index (χ1v) is 8.28. The smallest absolute Gasteiger partial charge is 0.149 e. The molecule has 0 N–H and O–H groups in total. The van der Waals surface area contributed by atoms with Crippen LogP contribution in [0.3, 0.4) is 0 Å². The summed E-state index contributed by atoms with van der Waals surface area (Å²) >= 11 is 3.55. The van der Waals surface area contributed by atoms with Gasteiger partial charge in [-0.1, -0.05) is 84.4 Å². The summed E-state index contributed by atoms with van der Waals surface area (Å²) in [5.74, 6) is 0.333. The molecule has 110 valence electrons. The van der Waals surface area contributed by atoms with Gasteiger partial charge in [-0.05, 0) is 29.5 Å². The number of benzene rings is 2. The number of hydrogen-bond acceptors (Lipinski definition) is 1. The molecule has 2 aromatic rings. The SMILES string of the molecule is CC(C)C(=O)C(Br)Cc1ccccc1Cc1ccccc1. The van der Waals surface area contributed by atoms with E-state index < -0.39 is 0 Å². The van der Waals surface area contributed by atoms with Crippen LogP contribution in [0.4, 0.5) is 0 Å². The maximum Gasteiger partial charge on any atom is 0.149 e. The maximum atomic E-state index is 12.1. The number of ketones is 1. The number of alkyl halides is 1. The zero-order valence-corrected chi connectivity index (χ0v) is 14.1. The fourth-order valence-corrected chi connectivity index (χ4v) is 3.28. The molecule has 0 spiro atoms. The summed E-state index contributed by atoms with van der Waals surface area (Å²) in [6, 6.07) is 18.8. The highest BCUT2D eigenvalue weighted by Crippen LogP contribution is 2.20. The van der Waals surface area contributed by atoms with Gasteiger partial charge in [0.05, 0.1) is 4.83 Å². The summed E-state index contributed by atoms with van der Waals surface area (Å²) in [6.45, 7) is 3.90. The monoisotopic (exact) mass is 344 g/mol. The molecule has 0 aliphatic carbocycles. The topological polar surface area (TPSA) is 17.1 Å². The summed E-state index contributed by atoms with van der Waals surface area (Å²) in [5, 5.41) is 0. The molecule has 2 heteroatoms. The van der Waals surface area contributed by atoms with Gasteiger partial charge >= 0.3 is 0 Å². The van der Waals surface area contributed by atoms with E-state index in [4.69, 9.17) is 0 Å². The van der Waals surface area contributed by atoms with Gasteiger partial charge in [0.1, 0.15) is 5.78 Å². The van der Waals surface area contributed by atoms with Crippen molar-refractivity contribution in [2.24, 2.45) is 5.92 Å².